The topological polar surface area (TPSA) is 37.0 Å². The highest BCUT2D eigenvalue weighted by Crippen LogP contribution is 2.30. The van der Waals surface area contributed by atoms with Gasteiger partial charge in [0.1, 0.15) is 5.75 Å². The van der Waals surface area contributed by atoms with Gasteiger partial charge in [0.15, 0.2) is 6.61 Å². The van der Waals surface area contributed by atoms with Crippen molar-refractivity contribution in [1.29, 1.82) is 0 Å². The molecule has 0 aliphatic heterocycles. The number of rotatable bonds is 7. The van der Waals surface area contributed by atoms with Crippen molar-refractivity contribution in [3.8, 4) is 5.75 Å². The molecule has 3 rings (SSSR count). The molecule has 0 amide bonds. The molecule has 6 heteroatoms. The maximum Gasteiger partial charge on any atom is 0.422 e. The SMILES string of the molecule is CC(C)(CNCc1cccc(OCC(F)(F)F)c1)c1c[nH]c2ccccc12. The molecular formula is C21H23F3N2O. The first-order valence-electron chi connectivity index (χ1n) is 8.80. The maximum atomic E-state index is 12.3. The van der Waals surface area contributed by atoms with Gasteiger partial charge in [0.2, 0.25) is 0 Å². The summed E-state index contributed by atoms with van der Waals surface area (Å²) < 4.78 is 41.7. The Morgan fingerprint density at radius 1 is 1.04 bits per heavy atom. The molecule has 0 fully saturated rings. The van der Waals surface area contributed by atoms with Gasteiger partial charge in [-0.2, -0.15) is 13.2 Å². The van der Waals surface area contributed by atoms with E-state index in [2.05, 4.69) is 36.3 Å². The van der Waals surface area contributed by atoms with E-state index in [0.717, 1.165) is 17.6 Å². The van der Waals surface area contributed by atoms with Gasteiger partial charge in [-0.1, -0.05) is 44.2 Å². The average molecular weight is 376 g/mol. The van der Waals surface area contributed by atoms with Crippen molar-refractivity contribution in [3.63, 3.8) is 0 Å². The summed E-state index contributed by atoms with van der Waals surface area (Å²) in [5, 5.41) is 4.60. The Hall–Kier alpha value is -2.47. The van der Waals surface area contributed by atoms with E-state index in [-0.39, 0.29) is 11.2 Å². The summed E-state index contributed by atoms with van der Waals surface area (Å²) in [5.41, 5.74) is 3.11. The van der Waals surface area contributed by atoms with Crippen molar-refractivity contribution >= 4 is 10.9 Å². The number of aromatic amines is 1. The summed E-state index contributed by atoms with van der Waals surface area (Å²) in [6, 6.07) is 14.9. The number of halogens is 3. The van der Waals surface area contributed by atoms with E-state index in [1.54, 1.807) is 12.1 Å². The summed E-state index contributed by atoms with van der Waals surface area (Å²) in [6.07, 6.45) is -2.30. The fourth-order valence-electron chi connectivity index (χ4n) is 3.16. The van der Waals surface area contributed by atoms with Crippen LogP contribution in [0.2, 0.25) is 0 Å². The monoisotopic (exact) mass is 376 g/mol. The van der Waals surface area contributed by atoms with E-state index >= 15 is 0 Å². The first-order valence-corrected chi connectivity index (χ1v) is 8.80. The highest BCUT2D eigenvalue weighted by molar-refractivity contribution is 5.84. The first kappa shape index (κ1) is 19.3. The van der Waals surface area contributed by atoms with Gasteiger partial charge in [0.25, 0.3) is 0 Å². The number of aromatic nitrogens is 1. The number of ether oxygens (including phenoxy) is 1. The molecule has 0 atom stereocenters. The van der Waals surface area contributed by atoms with E-state index in [4.69, 9.17) is 4.74 Å². The smallest absolute Gasteiger partial charge is 0.422 e. The second-order valence-corrected chi connectivity index (χ2v) is 7.29. The van der Waals surface area contributed by atoms with E-state index in [0.29, 0.717) is 6.54 Å². The minimum atomic E-state index is -4.34. The number of nitrogens with one attached hydrogen (secondary N) is 2. The minimum absolute atomic E-state index is 0.107. The zero-order valence-electron chi connectivity index (χ0n) is 15.4. The first-order chi connectivity index (χ1) is 12.7. The molecule has 2 N–H and O–H groups in total. The number of hydrogen-bond acceptors (Lipinski definition) is 2. The van der Waals surface area contributed by atoms with Crippen LogP contribution in [0.25, 0.3) is 10.9 Å². The number of para-hydroxylation sites is 1. The summed E-state index contributed by atoms with van der Waals surface area (Å²) in [6.45, 7) is 4.33. The molecule has 27 heavy (non-hydrogen) atoms. The van der Waals surface area contributed by atoms with E-state index in [9.17, 15) is 13.2 Å². The zero-order valence-corrected chi connectivity index (χ0v) is 15.4. The third-order valence-corrected chi connectivity index (χ3v) is 4.52. The fourth-order valence-corrected chi connectivity index (χ4v) is 3.16. The average Bonchev–Trinajstić information content (AvgIpc) is 3.05. The van der Waals surface area contributed by atoms with Gasteiger partial charge in [-0.3, -0.25) is 0 Å². The van der Waals surface area contributed by atoms with Crippen molar-refractivity contribution in [2.75, 3.05) is 13.2 Å². The van der Waals surface area contributed by atoms with Crippen LogP contribution >= 0.6 is 0 Å². The lowest BCUT2D eigenvalue weighted by molar-refractivity contribution is -0.153. The van der Waals surface area contributed by atoms with Crippen LogP contribution in [0.3, 0.4) is 0 Å². The minimum Gasteiger partial charge on any atom is -0.484 e. The Kier molecular flexibility index (Phi) is 5.46. The molecule has 3 aromatic rings. The standard InChI is InChI=1S/C21H23F3N2O/c1-20(2,18-12-26-19-9-4-3-8-17(18)19)13-25-11-15-6-5-7-16(10-15)27-14-21(22,23)24/h3-10,12,25-26H,11,13-14H2,1-2H3. The third kappa shape index (κ3) is 5.04. The molecule has 0 spiro atoms. The lowest BCUT2D eigenvalue weighted by Crippen LogP contribution is -2.32. The normalized spacial score (nSPS) is 12.5. The molecule has 1 heterocycles. The number of fused-ring (bicyclic) bond motifs is 1. The molecule has 0 aliphatic carbocycles. The Morgan fingerprint density at radius 3 is 2.59 bits per heavy atom. The highest BCUT2D eigenvalue weighted by atomic mass is 19.4. The largest absolute Gasteiger partial charge is 0.484 e. The molecule has 0 saturated heterocycles. The van der Waals surface area contributed by atoms with Crippen molar-refractivity contribution in [1.82, 2.24) is 10.3 Å². The van der Waals surface area contributed by atoms with Gasteiger partial charge in [-0.25, -0.2) is 0 Å². The fraction of sp³-hybridized carbons (Fsp3) is 0.333. The van der Waals surface area contributed by atoms with Gasteiger partial charge in [0.05, 0.1) is 0 Å². The lowest BCUT2D eigenvalue weighted by atomic mass is 9.84. The van der Waals surface area contributed by atoms with E-state index in [1.807, 2.05) is 24.4 Å². The molecular weight excluding hydrogens is 353 g/mol. The summed E-state index contributed by atoms with van der Waals surface area (Å²) in [4.78, 5) is 3.30. The summed E-state index contributed by atoms with van der Waals surface area (Å²) >= 11 is 0. The van der Waals surface area contributed by atoms with Crippen LogP contribution in [0.5, 0.6) is 5.75 Å². The van der Waals surface area contributed by atoms with E-state index in [1.165, 1.54) is 17.0 Å². The highest BCUT2D eigenvalue weighted by Gasteiger charge is 2.28. The van der Waals surface area contributed by atoms with Crippen LogP contribution in [-0.2, 0) is 12.0 Å². The number of H-pyrrole nitrogens is 1. The second kappa shape index (κ2) is 7.64. The predicted octanol–water partition coefficient (Wildman–Crippen LogP) is 5.18. The van der Waals surface area contributed by atoms with Crippen LogP contribution in [0, 0.1) is 0 Å². The number of alkyl halides is 3. The predicted molar refractivity (Wildman–Crippen MR) is 101 cm³/mol. The van der Waals surface area contributed by atoms with Crippen molar-refractivity contribution in [2.45, 2.75) is 32.0 Å². The van der Waals surface area contributed by atoms with Gasteiger partial charge in [-0.15, -0.1) is 0 Å². The molecule has 1 aromatic heterocycles. The van der Waals surface area contributed by atoms with Crippen LogP contribution in [0.1, 0.15) is 25.0 Å². The van der Waals surface area contributed by atoms with Crippen LogP contribution in [-0.4, -0.2) is 24.3 Å². The van der Waals surface area contributed by atoms with Crippen molar-refractivity contribution < 1.29 is 17.9 Å². The zero-order chi connectivity index (χ0) is 19.5. The second-order valence-electron chi connectivity index (χ2n) is 7.29. The molecule has 3 nitrogen and oxygen atoms in total. The summed E-state index contributed by atoms with van der Waals surface area (Å²) in [7, 11) is 0. The number of benzene rings is 2. The summed E-state index contributed by atoms with van der Waals surface area (Å²) in [5.74, 6) is 0.225. The molecule has 0 bridgehead atoms. The molecule has 0 aliphatic rings. The van der Waals surface area contributed by atoms with Crippen LogP contribution in [0.15, 0.2) is 54.7 Å². The molecule has 0 saturated carbocycles. The third-order valence-electron chi connectivity index (χ3n) is 4.52. The molecule has 144 valence electrons. The van der Waals surface area contributed by atoms with Gasteiger partial charge in [0, 0.05) is 35.6 Å². The lowest BCUT2D eigenvalue weighted by Gasteiger charge is -2.25. The molecule has 0 unspecified atom stereocenters. The van der Waals surface area contributed by atoms with Crippen molar-refractivity contribution in [3.05, 3.63) is 65.9 Å². The molecule has 0 radical (unpaired) electrons. The Morgan fingerprint density at radius 2 is 1.81 bits per heavy atom. The maximum absolute atomic E-state index is 12.3. The number of hydrogen-bond donors (Lipinski definition) is 2. The van der Waals surface area contributed by atoms with Gasteiger partial charge >= 0.3 is 6.18 Å². The Balaban J connectivity index is 1.60. The van der Waals surface area contributed by atoms with Crippen LogP contribution < -0.4 is 10.1 Å². The van der Waals surface area contributed by atoms with Crippen LogP contribution in [0.4, 0.5) is 13.2 Å². The van der Waals surface area contributed by atoms with E-state index < -0.39 is 12.8 Å². The Labute approximate surface area is 156 Å². The molecule has 2 aromatic carbocycles. The quantitative estimate of drug-likeness (QED) is 0.596. The van der Waals surface area contributed by atoms with Gasteiger partial charge < -0.3 is 15.0 Å². The Bertz CT molecular complexity index is 900. The van der Waals surface area contributed by atoms with Gasteiger partial charge in [-0.05, 0) is 29.3 Å². The van der Waals surface area contributed by atoms with Crippen molar-refractivity contribution in [2.24, 2.45) is 0 Å².